The van der Waals surface area contributed by atoms with Gasteiger partial charge in [0.25, 0.3) is 0 Å². The molecule has 5 heteroatoms. The molecular weight excluding hydrogens is 186 g/mol. The molecule has 2 saturated heterocycles. The Morgan fingerprint density at radius 2 is 1.79 bits per heavy atom. The Balaban J connectivity index is 2.19. The van der Waals surface area contributed by atoms with Crippen LogP contribution in [0.4, 0.5) is 0 Å². The lowest BCUT2D eigenvalue weighted by Crippen LogP contribution is -2.65. The molecule has 0 saturated carbocycles. The van der Waals surface area contributed by atoms with Gasteiger partial charge in [0.1, 0.15) is 12.2 Å². The summed E-state index contributed by atoms with van der Waals surface area (Å²) in [6.07, 6.45) is -1.31. The van der Waals surface area contributed by atoms with Crippen LogP contribution < -0.4 is 0 Å². The van der Waals surface area contributed by atoms with Crippen LogP contribution in [0.1, 0.15) is 12.8 Å². The van der Waals surface area contributed by atoms with Crippen molar-refractivity contribution in [2.45, 2.75) is 43.2 Å². The monoisotopic (exact) mass is 203 g/mol. The molecule has 5 nitrogen and oxygen atoms in total. The topological polar surface area (TPSA) is 84.2 Å². The first-order valence-electron chi connectivity index (χ1n) is 5.07. The number of hydrogen-bond acceptors (Lipinski definition) is 5. The molecule has 0 aromatic heterocycles. The highest BCUT2D eigenvalue weighted by atomic mass is 16.4. The fraction of sp³-hybridized carbons (Fsp3) is 1.00. The fourth-order valence-electron chi connectivity index (χ4n) is 2.66. The summed E-state index contributed by atoms with van der Waals surface area (Å²) < 4.78 is 0. The van der Waals surface area contributed by atoms with Crippen molar-refractivity contribution in [3.63, 3.8) is 0 Å². The Hall–Kier alpha value is -0.200. The molecular formula is C9H17NO4. The largest absolute Gasteiger partial charge is 0.395 e. The molecule has 2 rings (SSSR count). The summed E-state index contributed by atoms with van der Waals surface area (Å²) in [5, 5.41) is 38.0. The molecule has 2 aliphatic rings. The summed E-state index contributed by atoms with van der Waals surface area (Å²) in [7, 11) is 0. The molecule has 0 aromatic rings. The molecule has 2 heterocycles. The van der Waals surface area contributed by atoms with E-state index in [9.17, 15) is 15.3 Å². The van der Waals surface area contributed by atoms with Gasteiger partial charge in [-0.15, -0.1) is 0 Å². The quantitative estimate of drug-likeness (QED) is 0.393. The van der Waals surface area contributed by atoms with E-state index in [-0.39, 0.29) is 12.6 Å². The lowest BCUT2D eigenvalue weighted by molar-refractivity contribution is -0.160. The van der Waals surface area contributed by atoms with E-state index in [4.69, 9.17) is 5.11 Å². The zero-order chi connectivity index (χ0) is 10.3. The van der Waals surface area contributed by atoms with Crippen molar-refractivity contribution in [2.75, 3.05) is 13.2 Å². The summed E-state index contributed by atoms with van der Waals surface area (Å²) in [4.78, 5) is 1.90. The van der Waals surface area contributed by atoms with Crippen LogP contribution in [-0.4, -0.2) is 68.9 Å². The molecule has 0 aromatic carbocycles. The molecule has 0 aliphatic carbocycles. The minimum atomic E-state index is -1.13. The number of piperidine rings is 1. The number of hydrogen-bond donors (Lipinski definition) is 4. The van der Waals surface area contributed by atoms with Gasteiger partial charge in [0.05, 0.1) is 18.8 Å². The van der Waals surface area contributed by atoms with Crippen molar-refractivity contribution in [1.29, 1.82) is 0 Å². The smallest absolute Gasteiger partial charge is 0.109 e. The Morgan fingerprint density at radius 3 is 2.43 bits per heavy atom. The average Bonchev–Trinajstić information content (AvgIpc) is 2.64. The highest BCUT2D eigenvalue weighted by Crippen LogP contribution is 2.31. The maximum Gasteiger partial charge on any atom is 0.109 e. The number of aliphatic hydroxyl groups is 4. The van der Waals surface area contributed by atoms with Gasteiger partial charge in [-0.05, 0) is 19.4 Å². The molecule has 82 valence electrons. The first-order valence-corrected chi connectivity index (χ1v) is 5.07. The number of aliphatic hydroxyl groups excluding tert-OH is 4. The van der Waals surface area contributed by atoms with E-state index in [2.05, 4.69) is 0 Å². The second kappa shape index (κ2) is 3.75. The van der Waals surface area contributed by atoms with E-state index in [1.165, 1.54) is 0 Å². The van der Waals surface area contributed by atoms with Crippen molar-refractivity contribution >= 4 is 0 Å². The maximum absolute atomic E-state index is 9.70. The molecule has 0 amide bonds. The van der Waals surface area contributed by atoms with E-state index in [1.54, 1.807) is 0 Å². The lowest BCUT2D eigenvalue weighted by atomic mass is 9.89. The Labute approximate surface area is 82.6 Å². The zero-order valence-corrected chi connectivity index (χ0v) is 7.95. The Bertz CT molecular complexity index is 213. The van der Waals surface area contributed by atoms with E-state index in [1.807, 2.05) is 4.90 Å². The third kappa shape index (κ3) is 1.36. The molecule has 0 bridgehead atoms. The van der Waals surface area contributed by atoms with Gasteiger partial charge in [0.2, 0.25) is 0 Å². The first kappa shape index (κ1) is 10.3. The minimum Gasteiger partial charge on any atom is -0.395 e. The molecule has 5 atom stereocenters. The van der Waals surface area contributed by atoms with Crippen molar-refractivity contribution in [3.8, 4) is 0 Å². The van der Waals surface area contributed by atoms with Gasteiger partial charge in [0, 0.05) is 6.04 Å². The standard InChI is InChI=1S/C9H17NO4/c11-4-6-8(13)9(14)7(12)5-2-1-3-10(5)6/h5-9,11-14H,1-4H2/t5?,6-,7+,8-,9-/m1/s1. The Morgan fingerprint density at radius 1 is 1.07 bits per heavy atom. The number of nitrogens with zero attached hydrogens (tertiary/aromatic N) is 1. The van der Waals surface area contributed by atoms with Gasteiger partial charge in [-0.3, -0.25) is 4.90 Å². The summed E-state index contributed by atoms with van der Waals surface area (Å²) in [6, 6.07) is -0.536. The maximum atomic E-state index is 9.70. The van der Waals surface area contributed by atoms with Crippen LogP contribution in [0.15, 0.2) is 0 Å². The van der Waals surface area contributed by atoms with Gasteiger partial charge >= 0.3 is 0 Å². The molecule has 1 unspecified atom stereocenters. The van der Waals surface area contributed by atoms with Crippen LogP contribution in [-0.2, 0) is 0 Å². The third-order valence-electron chi connectivity index (χ3n) is 3.44. The number of fused-ring (bicyclic) bond motifs is 1. The highest BCUT2D eigenvalue weighted by Gasteiger charge is 2.48. The molecule has 0 spiro atoms. The highest BCUT2D eigenvalue weighted by molar-refractivity contribution is 5.02. The second-order valence-electron chi connectivity index (χ2n) is 4.17. The summed E-state index contributed by atoms with van der Waals surface area (Å²) in [5.41, 5.74) is 0. The van der Waals surface area contributed by atoms with Crippen LogP contribution in [0.5, 0.6) is 0 Å². The van der Waals surface area contributed by atoms with Gasteiger partial charge < -0.3 is 20.4 Å². The predicted octanol–water partition coefficient (Wildman–Crippen LogP) is -2.09. The van der Waals surface area contributed by atoms with Crippen molar-refractivity contribution in [2.24, 2.45) is 0 Å². The van der Waals surface area contributed by atoms with Crippen LogP contribution in [0.3, 0.4) is 0 Å². The first-order chi connectivity index (χ1) is 6.66. The lowest BCUT2D eigenvalue weighted by Gasteiger charge is -2.45. The van der Waals surface area contributed by atoms with E-state index in [0.717, 1.165) is 19.4 Å². The van der Waals surface area contributed by atoms with Crippen LogP contribution in [0, 0.1) is 0 Å². The third-order valence-corrected chi connectivity index (χ3v) is 3.44. The zero-order valence-electron chi connectivity index (χ0n) is 7.95. The molecule has 0 radical (unpaired) electrons. The Kier molecular flexibility index (Phi) is 2.77. The van der Waals surface area contributed by atoms with E-state index >= 15 is 0 Å². The molecule has 2 aliphatic heterocycles. The molecule has 4 N–H and O–H groups in total. The van der Waals surface area contributed by atoms with Gasteiger partial charge in [-0.1, -0.05) is 0 Å². The van der Waals surface area contributed by atoms with Gasteiger partial charge in [0.15, 0.2) is 0 Å². The SMILES string of the molecule is OC[C@@H]1[C@@H](O)[C@H](O)[C@@H](O)C2CCCN21. The van der Waals surface area contributed by atoms with Crippen molar-refractivity contribution < 1.29 is 20.4 Å². The second-order valence-corrected chi connectivity index (χ2v) is 4.17. The fourth-order valence-corrected chi connectivity index (χ4v) is 2.66. The normalized spacial score (nSPS) is 49.3. The number of rotatable bonds is 1. The minimum absolute atomic E-state index is 0.106. The van der Waals surface area contributed by atoms with Crippen molar-refractivity contribution in [1.82, 2.24) is 4.90 Å². The summed E-state index contributed by atoms with van der Waals surface area (Å²) in [5.74, 6) is 0. The van der Waals surface area contributed by atoms with E-state index in [0.29, 0.717) is 0 Å². The predicted molar refractivity (Wildman–Crippen MR) is 48.6 cm³/mol. The summed E-state index contributed by atoms with van der Waals surface area (Å²) in [6.45, 7) is 0.595. The summed E-state index contributed by atoms with van der Waals surface area (Å²) >= 11 is 0. The van der Waals surface area contributed by atoms with Crippen molar-refractivity contribution in [3.05, 3.63) is 0 Å². The molecule has 2 fully saturated rings. The van der Waals surface area contributed by atoms with Crippen LogP contribution >= 0.6 is 0 Å². The van der Waals surface area contributed by atoms with Crippen LogP contribution in [0.2, 0.25) is 0 Å². The molecule has 14 heavy (non-hydrogen) atoms. The average molecular weight is 203 g/mol. The van der Waals surface area contributed by atoms with Crippen LogP contribution in [0.25, 0.3) is 0 Å². The van der Waals surface area contributed by atoms with Gasteiger partial charge in [-0.2, -0.15) is 0 Å². The van der Waals surface area contributed by atoms with Gasteiger partial charge in [-0.25, -0.2) is 0 Å². The van der Waals surface area contributed by atoms with E-state index < -0.39 is 24.4 Å².